The first-order valence-corrected chi connectivity index (χ1v) is 7.81. The van der Waals surface area contributed by atoms with Crippen LogP contribution in [0.2, 0.25) is 5.02 Å². The zero-order valence-electron chi connectivity index (χ0n) is 12.1. The lowest BCUT2D eigenvalue weighted by Gasteiger charge is -2.30. The van der Waals surface area contributed by atoms with Crippen LogP contribution in [0.15, 0.2) is 24.3 Å². The number of carbonyl (C=O) groups is 1. The number of hydrogen-bond donors (Lipinski definition) is 2. The van der Waals surface area contributed by atoms with Gasteiger partial charge in [-0.3, -0.25) is 4.79 Å². The molecule has 2 aliphatic rings. The summed E-state index contributed by atoms with van der Waals surface area (Å²) in [6.07, 6.45) is 4.62. The lowest BCUT2D eigenvalue weighted by Crippen LogP contribution is -2.48. The van der Waals surface area contributed by atoms with E-state index in [4.69, 9.17) is 11.6 Å². The summed E-state index contributed by atoms with van der Waals surface area (Å²) in [6, 6.07) is 9.08. The number of piperidine rings is 1. The fourth-order valence-corrected chi connectivity index (χ4v) is 3.63. The van der Waals surface area contributed by atoms with Gasteiger partial charge in [-0.15, -0.1) is 12.4 Å². The van der Waals surface area contributed by atoms with Crippen LogP contribution >= 0.6 is 24.0 Å². The van der Waals surface area contributed by atoms with E-state index in [1.54, 1.807) is 0 Å². The van der Waals surface area contributed by atoms with E-state index in [9.17, 15) is 4.79 Å². The maximum absolute atomic E-state index is 12.4. The van der Waals surface area contributed by atoms with Crippen LogP contribution in [0.4, 0.5) is 0 Å². The molecule has 116 valence electrons. The molecule has 3 rings (SSSR count). The Morgan fingerprint density at radius 3 is 2.62 bits per heavy atom. The van der Waals surface area contributed by atoms with Crippen molar-refractivity contribution in [2.24, 2.45) is 0 Å². The van der Waals surface area contributed by atoms with Crippen LogP contribution in [0.1, 0.15) is 44.1 Å². The zero-order valence-corrected chi connectivity index (χ0v) is 13.7. The van der Waals surface area contributed by atoms with Gasteiger partial charge in [-0.2, -0.15) is 0 Å². The van der Waals surface area contributed by atoms with Crippen molar-refractivity contribution in [2.45, 2.75) is 56.7 Å². The summed E-state index contributed by atoms with van der Waals surface area (Å²) in [5, 5.41) is 7.49. The van der Waals surface area contributed by atoms with Crippen molar-refractivity contribution >= 4 is 29.9 Å². The molecule has 2 N–H and O–H groups in total. The van der Waals surface area contributed by atoms with Gasteiger partial charge in [-0.1, -0.05) is 23.7 Å². The molecule has 1 aromatic rings. The average Bonchev–Trinajstić information content (AvgIpc) is 2.77. The second-order valence-corrected chi connectivity index (χ2v) is 6.53. The Morgan fingerprint density at radius 2 is 2.00 bits per heavy atom. The van der Waals surface area contributed by atoms with Crippen molar-refractivity contribution in [3.63, 3.8) is 0 Å². The first kappa shape index (κ1) is 16.6. The number of benzene rings is 1. The van der Waals surface area contributed by atoms with E-state index in [1.165, 1.54) is 12.8 Å². The number of halogens is 2. The topological polar surface area (TPSA) is 41.1 Å². The van der Waals surface area contributed by atoms with Gasteiger partial charge in [-0.25, -0.2) is 0 Å². The average molecular weight is 329 g/mol. The number of fused-ring (bicyclic) bond motifs is 2. The van der Waals surface area contributed by atoms with Gasteiger partial charge >= 0.3 is 0 Å². The van der Waals surface area contributed by atoms with Crippen LogP contribution in [0.5, 0.6) is 0 Å². The number of rotatable bonds is 3. The third kappa shape index (κ3) is 3.91. The lowest BCUT2D eigenvalue weighted by molar-refractivity contribution is -0.123. The highest BCUT2D eigenvalue weighted by atomic mass is 35.5. The summed E-state index contributed by atoms with van der Waals surface area (Å²) >= 11 is 5.99. The molecule has 0 aromatic heterocycles. The van der Waals surface area contributed by atoms with Crippen LogP contribution in [-0.4, -0.2) is 24.0 Å². The van der Waals surface area contributed by atoms with Crippen molar-refractivity contribution in [1.82, 2.24) is 10.6 Å². The highest BCUT2D eigenvalue weighted by molar-refractivity contribution is 6.30. The molecule has 2 saturated heterocycles. The van der Waals surface area contributed by atoms with Gasteiger partial charge < -0.3 is 10.6 Å². The number of carbonyl (C=O) groups excluding carboxylic acids is 1. The highest BCUT2D eigenvalue weighted by Gasteiger charge is 2.34. The molecule has 21 heavy (non-hydrogen) atoms. The molecule has 0 radical (unpaired) electrons. The van der Waals surface area contributed by atoms with E-state index < -0.39 is 0 Å². The van der Waals surface area contributed by atoms with Gasteiger partial charge in [0.15, 0.2) is 0 Å². The summed E-state index contributed by atoms with van der Waals surface area (Å²) in [7, 11) is 0. The van der Waals surface area contributed by atoms with Crippen molar-refractivity contribution in [3.8, 4) is 0 Å². The van der Waals surface area contributed by atoms with Gasteiger partial charge in [0.05, 0.1) is 5.92 Å². The molecule has 3 unspecified atom stereocenters. The number of amides is 1. The summed E-state index contributed by atoms with van der Waals surface area (Å²) in [5.74, 6) is -0.0418. The Balaban J connectivity index is 0.00000161. The Labute approximate surface area is 137 Å². The van der Waals surface area contributed by atoms with Crippen LogP contribution in [0.3, 0.4) is 0 Å². The normalized spacial score (nSPS) is 28.6. The molecule has 2 bridgehead atoms. The minimum atomic E-state index is -0.152. The number of nitrogens with one attached hydrogen (secondary N) is 2. The monoisotopic (exact) mass is 328 g/mol. The van der Waals surface area contributed by atoms with Crippen LogP contribution < -0.4 is 10.6 Å². The molecule has 1 amide bonds. The van der Waals surface area contributed by atoms with Crippen LogP contribution in [0, 0.1) is 0 Å². The van der Waals surface area contributed by atoms with Gasteiger partial charge in [0.1, 0.15) is 0 Å². The highest BCUT2D eigenvalue weighted by Crippen LogP contribution is 2.27. The van der Waals surface area contributed by atoms with E-state index in [-0.39, 0.29) is 24.2 Å². The van der Waals surface area contributed by atoms with Crippen molar-refractivity contribution < 1.29 is 4.79 Å². The van der Waals surface area contributed by atoms with Crippen LogP contribution in [-0.2, 0) is 4.79 Å². The Morgan fingerprint density at radius 1 is 1.33 bits per heavy atom. The third-order valence-corrected chi connectivity index (χ3v) is 4.80. The van der Waals surface area contributed by atoms with E-state index >= 15 is 0 Å². The smallest absolute Gasteiger partial charge is 0.227 e. The fourth-order valence-electron chi connectivity index (χ4n) is 3.43. The molecule has 0 aliphatic carbocycles. The molecule has 3 nitrogen and oxygen atoms in total. The maximum atomic E-state index is 12.4. The molecular weight excluding hydrogens is 307 g/mol. The first-order valence-electron chi connectivity index (χ1n) is 7.43. The molecule has 2 fully saturated rings. The minimum Gasteiger partial charge on any atom is -0.353 e. The second-order valence-electron chi connectivity index (χ2n) is 6.09. The summed E-state index contributed by atoms with van der Waals surface area (Å²) in [6.45, 7) is 1.94. The third-order valence-electron chi connectivity index (χ3n) is 4.56. The maximum Gasteiger partial charge on any atom is 0.227 e. The largest absolute Gasteiger partial charge is 0.353 e. The molecule has 2 aliphatic heterocycles. The molecule has 0 saturated carbocycles. The predicted octanol–water partition coefficient (Wildman–Crippen LogP) is 3.26. The standard InChI is InChI=1S/C16H21ClN2O.ClH/c1-10(11-3-2-4-12(17)7-11)16(20)19-15-8-13-5-6-14(9-15)18-13;/h2-4,7,10,13-15,18H,5-6,8-9H2,1H3,(H,19,20);1H. The van der Waals surface area contributed by atoms with E-state index in [0.29, 0.717) is 23.1 Å². The molecule has 5 heteroatoms. The van der Waals surface area contributed by atoms with Gasteiger partial charge in [0.25, 0.3) is 0 Å². The molecular formula is C16H22Cl2N2O. The fraction of sp³-hybridized carbons (Fsp3) is 0.562. The lowest BCUT2D eigenvalue weighted by atomic mass is 9.96. The van der Waals surface area contributed by atoms with E-state index in [0.717, 1.165) is 18.4 Å². The van der Waals surface area contributed by atoms with Crippen molar-refractivity contribution in [2.75, 3.05) is 0 Å². The van der Waals surface area contributed by atoms with Gasteiger partial charge in [0, 0.05) is 23.1 Å². The quantitative estimate of drug-likeness (QED) is 0.894. The van der Waals surface area contributed by atoms with Crippen LogP contribution in [0.25, 0.3) is 0 Å². The molecule has 1 aromatic carbocycles. The molecule has 2 heterocycles. The molecule has 3 atom stereocenters. The summed E-state index contributed by atoms with van der Waals surface area (Å²) < 4.78 is 0. The SMILES string of the molecule is CC(C(=O)NC1CC2CCC(C1)N2)c1cccc(Cl)c1.Cl. The van der Waals surface area contributed by atoms with E-state index in [1.807, 2.05) is 31.2 Å². The zero-order chi connectivity index (χ0) is 14.1. The first-order chi connectivity index (χ1) is 9.61. The van der Waals surface area contributed by atoms with Crippen molar-refractivity contribution in [1.29, 1.82) is 0 Å². The van der Waals surface area contributed by atoms with Gasteiger partial charge in [-0.05, 0) is 50.3 Å². The minimum absolute atomic E-state index is 0. The van der Waals surface area contributed by atoms with E-state index in [2.05, 4.69) is 10.6 Å². The Kier molecular flexibility index (Phi) is 5.53. The Hall–Kier alpha value is -0.770. The predicted molar refractivity (Wildman–Crippen MR) is 88.2 cm³/mol. The summed E-state index contributed by atoms with van der Waals surface area (Å²) in [4.78, 5) is 12.4. The summed E-state index contributed by atoms with van der Waals surface area (Å²) in [5.41, 5.74) is 0.979. The second kappa shape index (κ2) is 6.99. The molecule has 0 spiro atoms. The Bertz CT molecular complexity index is 497. The number of hydrogen-bond acceptors (Lipinski definition) is 2. The van der Waals surface area contributed by atoms with Crippen molar-refractivity contribution in [3.05, 3.63) is 34.9 Å². The van der Waals surface area contributed by atoms with Gasteiger partial charge in [0.2, 0.25) is 5.91 Å².